The highest BCUT2D eigenvalue weighted by molar-refractivity contribution is 5.92. The van der Waals surface area contributed by atoms with Gasteiger partial charge in [-0.15, -0.1) is 0 Å². The van der Waals surface area contributed by atoms with Gasteiger partial charge < -0.3 is 0 Å². The van der Waals surface area contributed by atoms with Crippen molar-refractivity contribution < 1.29 is 4.79 Å². The van der Waals surface area contributed by atoms with E-state index in [-0.39, 0.29) is 5.91 Å². The van der Waals surface area contributed by atoms with E-state index in [1.54, 1.807) is 36.3 Å². The Morgan fingerprint density at radius 2 is 1.81 bits per heavy atom. The zero-order valence-corrected chi connectivity index (χ0v) is 11.7. The van der Waals surface area contributed by atoms with E-state index in [1.807, 2.05) is 36.4 Å². The molecule has 0 bridgehead atoms. The van der Waals surface area contributed by atoms with E-state index in [1.165, 1.54) is 6.08 Å². The molecule has 1 N–H and O–H groups in total. The first-order valence-corrected chi connectivity index (χ1v) is 6.47. The molecule has 21 heavy (non-hydrogen) atoms. The van der Waals surface area contributed by atoms with Crippen LogP contribution >= 0.6 is 0 Å². The van der Waals surface area contributed by atoms with E-state index in [9.17, 15) is 4.79 Å². The highest BCUT2D eigenvalue weighted by Gasteiger charge is 2.03. The molecule has 2 rings (SSSR count). The van der Waals surface area contributed by atoms with Gasteiger partial charge in [-0.05, 0) is 29.8 Å². The topological polar surface area (TPSA) is 56.1 Å². The molecule has 2 aromatic carbocycles. The van der Waals surface area contributed by atoms with Crippen molar-refractivity contribution in [3.8, 4) is 6.07 Å². The first-order valence-electron chi connectivity index (χ1n) is 6.47. The van der Waals surface area contributed by atoms with E-state index in [4.69, 9.17) is 5.26 Å². The second-order valence-corrected chi connectivity index (χ2v) is 4.40. The van der Waals surface area contributed by atoms with Crippen LogP contribution in [0, 0.1) is 11.3 Å². The SMILES string of the molecule is CN(NC(=O)C=Cc1ccccc1C#N)c1ccccc1. The molecule has 0 aliphatic heterocycles. The third-order valence-corrected chi connectivity index (χ3v) is 2.92. The Bertz CT molecular complexity index is 687. The van der Waals surface area contributed by atoms with E-state index >= 15 is 0 Å². The van der Waals surface area contributed by atoms with Crippen LogP contribution in [0.15, 0.2) is 60.7 Å². The van der Waals surface area contributed by atoms with Crippen LogP contribution in [0.3, 0.4) is 0 Å². The summed E-state index contributed by atoms with van der Waals surface area (Å²) in [6.45, 7) is 0. The number of nitriles is 1. The third-order valence-electron chi connectivity index (χ3n) is 2.92. The van der Waals surface area contributed by atoms with Crippen LogP contribution in [0.2, 0.25) is 0 Å². The minimum Gasteiger partial charge on any atom is -0.288 e. The predicted molar refractivity (Wildman–Crippen MR) is 83.2 cm³/mol. The van der Waals surface area contributed by atoms with Crippen LogP contribution < -0.4 is 10.4 Å². The maximum atomic E-state index is 11.9. The Hall–Kier alpha value is -3.06. The van der Waals surface area contributed by atoms with Crippen molar-refractivity contribution in [1.82, 2.24) is 5.43 Å². The van der Waals surface area contributed by atoms with Crippen molar-refractivity contribution in [2.75, 3.05) is 12.1 Å². The van der Waals surface area contributed by atoms with Gasteiger partial charge in [0.2, 0.25) is 0 Å². The summed E-state index contributed by atoms with van der Waals surface area (Å²) in [5.74, 6) is -0.255. The number of carbonyl (C=O) groups is 1. The molecule has 0 spiro atoms. The summed E-state index contributed by atoms with van der Waals surface area (Å²) in [6, 6.07) is 18.7. The summed E-state index contributed by atoms with van der Waals surface area (Å²) in [6.07, 6.45) is 3.04. The molecular formula is C17H15N3O. The van der Waals surface area contributed by atoms with Gasteiger partial charge in [-0.3, -0.25) is 15.2 Å². The first-order chi connectivity index (χ1) is 10.2. The second kappa shape index (κ2) is 6.92. The largest absolute Gasteiger partial charge is 0.288 e. The molecule has 0 aliphatic carbocycles. The summed E-state index contributed by atoms with van der Waals surface area (Å²) in [7, 11) is 1.77. The van der Waals surface area contributed by atoms with Gasteiger partial charge in [0.15, 0.2) is 0 Å². The molecule has 0 aliphatic rings. The van der Waals surface area contributed by atoms with Crippen molar-refractivity contribution in [1.29, 1.82) is 5.26 Å². The van der Waals surface area contributed by atoms with Gasteiger partial charge in [0.05, 0.1) is 17.3 Å². The summed E-state index contributed by atoms with van der Waals surface area (Å²) >= 11 is 0. The molecule has 4 nitrogen and oxygen atoms in total. The first kappa shape index (κ1) is 14.4. The minimum absolute atomic E-state index is 0.255. The molecule has 104 valence electrons. The number of carbonyl (C=O) groups excluding carboxylic acids is 1. The Balaban J connectivity index is 2.02. The van der Waals surface area contributed by atoms with E-state index in [2.05, 4.69) is 11.5 Å². The summed E-state index contributed by atoms with van der Waals surface area (Å²) in [4.78, 5) is 11.9. The number of para-hydroxylation sites is 1. The van der Waals surface area contributed by atoms with Crippen LogP contribution in [-0.2, 0) is 4.79 Å². The predicted octanol–water partition coefficient (Wildman–Crippen LogP) is 2.74. The molecule has 0 fully saturated rings. The summed E-state index contributed by atoms with van der Waals surface area (Å²) in [5, 5.41) is 10.6. The fraction of sp³-hybridized carbons (Fsp3) is 0.0588. The molecule has 2 aromatic rings. The molecule has 0 saturated carbocycles. The molecule has 0 atom stereocenters. The van der Waals surface area contributed by atoms with Gasteiger partial charge in [0.1, 0.15) is 0 Å². The zero-order chi connectivity index (χ0) is 15.1. The maximum absolute atomic E-state index is 11.9. The smallest absolute Gasteiger partial charge is 0.262 e. The zero-order valence-electron chi connectivity index (χ0n) is 11.7. The Kier molecular flexibility index (Phi) is 4.73. The molecule has 1 amide bonds. The average molecular weight is 277 g/mol. The highest BCUT2D eigenvalue weighted by atomic mass is 16.2. The molecule has 0 unspecified atom stereocenters. The average Bonchev–Trinajstić information content (AvgIpc) is 2.54. The van der Waals surface area contributed by atoms with E-state index in [0.29, 0.717) is 5.56 Å². The van der Waals surface area contributed by atoms with E-state index < -0.39 is 0 Å². The summed E-state index contributed by atoms with van der Waals surface area (Å²) < 4.78 is 0. The van der Waals surface area contributed by atoms with Crippen molar-refractivity contribution >= 4 is 17.7 Å². The lowest BCUT2D eigenvalue weighted by Gasteiger charge is -2.19. The lowest BCUT2D eigenvalue weighted by Crippen LogP contribution is -2.38. The standard InChI is InChI=1S/C17H15N3O/c1-20(16-9-3-2-4-10-16)19-17(21)12-11-14-7-5-6-8-15(14)13-18/h2-12H,1H3,(H,19,21). The number of hydrazine groups is 1. The normalized spacial score (nSPS) is 10.1. The van der Waals surface area contributed by atoms with Crippen LogP contribution in [0.5, 0.6) is 0 Å². The third kappa shape index (κ3) is 3.95. The highest BCUT2D eigenvalue weighted by Crippen LogP contribution is 2.10. The van der Waals surface area contributed by atoms with Crippen LogP contribution in [0.1, 0.15) is 11.1 Å². The van der Waals surface area contributed by atoms with Crippen LogP contribution in [-0.4, -0.2) is 13.0 Å². The van der Waals surface area contributed by atoms with Gasteiger partial charge in [0.25, 0.3) is 5.91 Å². The second-order valence-electron chi connectivity index (χ2n) is 4.40. The van der Waals surface area contributed by atoms with Gasteiger partial charge in [-0.1, -0.05) is 36.4 Å². The quantitative estimate of drug-likeness (QED) is 0.690. The number of benzene rings is 2. The Labute approximate surface area is 123 Å². The monoisotopic (exact) mass is 277 g/mol. The van der Waals surface area contributed by atoms with Crippen molar-refractivity contribution in [3.63, 3.8) is 0 Å². The number of nitrogens with one attached hydrogen (secondary N) is 1. The van der Waals surface area contributed by atoms with Gasteiger partial charge >= 0.3 is 0 Å². The Morgan fingerprint density at radius 3 is 2.52 bits per heavy atom. The molecule has 0 aromatic heterocycles. The minimum atomic E-state index is -0.255. The van der Waals surface area contributed by atoms with Crippen LogP contribution in [0.25, 0.3) is 6.08 Å². The fourth-order valence-electron chi connectivity index (χ4n) is 1.83. The number of anilines is 1. The molecule has 0 heterocycles. The number of rotatable bonds is 4. The van der Waals surface area contributed by atoms with E-state index in [0.717, 1.165) is 11.3 Å². The number of amides is 1. The van der Waals surface area contributed by atoms with Crippen LogP contribution in [0.4, 0.5) is 5.69 Å². The Morgan fingerprint density at radius 1 is 1.14 bits per heavy atom. The number of hydrogen-bond donors (Lipinski definition) is 1. The maximum Gasteiger partial charge on any atom is 0.262 e. The van der Waals surface area contributed by atoms with Crippen molar-refractivity contribution in [3.05, 3.63) is 71.8 Å². The summed E-state index contributed by atoms with van der Waals surface area (Å²) in [5.41, 5.74) is 4.87. The lowest BCUT2D eigenvalue weighted by atomic mass is 10.1. The fourth-order valence-corrected chi connectivity index (χ4v) is 1.83. The van der Waals surface area contributed by atoms with Gasteiger partial charge in [-0.2, -0.15) is 5.26 Å². The van der Waals surface area contributed by atoms with Crippen molar-refractivity contribution in [2.45, 2.75) is 0 Å². The van der Waals surface area contributed by atoms with Gasteiger partial charge in [-0.25, -0.2) is 0 Å². The molecule has 4 heteroatoms. The molecular weight excluding hydrogens is 262 g/mol. The number of hydrogen-bond acceptors (Lipinski definition) is 3. The number of nitrogens with zero attached hydrogens (tertiary/aromatic N) is 2. The lowest BCUT2D eigenvalue weighted by molar-refractivity contribution is -0.116. The van der Waals surface area contributed by atoms with Crippen molar-refractivity contribution in [2.24, 2.45) is 0 Å². The molecule has 0 radical (unpaired) electrons. The molecule has 0 saturated heterocycles. The van der Waals surface area contributed by atoms with Gasteiger partial charge in [0, 0.05) is 13.1 Å².